The summed E-state index contributed by atoms with van der Waals surface area (Å²) >= 11 is 11.4. The molecule has 3 aromatic carbocycles. The molecule has 1 amide bonds. The van der Waals surface area contributed by atoms with E-state index in [1.165, 1.54) is 16.7 Å². The number of halogens is 2. The molecule has 0 saturated carbocycles. The Balaban J connectivity index is 1.34. The fourth-order valence-electron chi connectivity index (χ4n) is 4.31. The van der Waals surface area contributed by atoms with Crippen LogP contribution in [0.2, 0.25) is 5.02 Å². The van der Waals surface area contributed by atoms with E-state index in [4.69, 9.17) is 23.8 Å². The van der Waals surface area contributed by atoms with Crippen LogP contribution in [-0.4, -0.2) is 46.5 Å². The lowest BCUT2D eigenvalue weighted by Crippen LogP contribution is -2.48. The van der Waals surface area contributed by atoms with Crippen LogP contribution in [0.1, 0.15) is 15.9 Å². The lowest BCUT2D eigenvalue weighted by Gasteiger charge is -2.36. The summed E-state index contributed by atoms with van der Waals surface area (Å²) in [6.07, 6.45) is 0. The molecule has 9 heteroatoms. The van der Waals surface area contributed by atoms with E-state index in [9.17, 15) is 14.0 Å². The molecule has 5 rings (SSSR count). The second-order valence-corrected chi connectivity index (χ2v) is 9.29. The van der Waals surface area contributed by atoms with Gasteiger partial charge in [0.25, 0.3) is 11.5 Å². The molecule has 1 fully saturated rings. The van der Waals surface area contributed by atoms with E-state index in [1.54, 1.807) is 47.4 Å². The summed E-state index contributed by atoms with van der Waals surface area (Å²) in [4.78, 5) is 33.3. The largest absolute Gasteiger partial charge is 0.368 e. The van der Waals surface area contributed by atoms with Gasteiger partial charge in [-0.15, -0.1) is 0 Å². The van der Waals surface area contributed by atoms with E-state index < -0.39 is 0 Å². The van der Waals surface area contributed by atoms with Gasteiger partial charge in [-0.05, 0) is 72.4 Å². The summed E-state index contributed by atoms with van der Waals surface area (Å²) in [7, 11) is 0. The first-order valence-electron chi connectivity index (χ1n) is 11.2. The molecule has 2 heterocycles. The van der Waals surface area contributed by atoms with Gasteiger partial charge in [0.15, 0.2) is 4.77 Å². The standard InChI is InChI=1S/C26H22ClFN4O2S/c27-19-4-1-17(2-5-19)16-32-25(34)22-10-3-18(15-23(22)29-26(32)35)24(33)31-13-11-30(12-14-31)21-8-6-20(28)7-9-21/h1-10,15H,11-14,16H2,(H,29,35). The Labute approximate surface area is 211 Å². The minimum atomic E-state index is -0.269. The lowest BCUT2D eigenvalue weighted by atomic mass is 10.1. The van der Waals surface area contributed by atoms with Gasteiger partial charge in [0, 0.05) is 42.5 Å². The number of nitrogens with one attached hydrogen (secondary N) is 1. The number of fused-ring (bicyclic) bond motifs is 1. The zero-order chi connectivity index (χ0) is 24.5. The van der Waals surface area contributed by atoms with Gasteiger partial charge in [0.05, 0.1) is 17.4 Å². The molecule has 0 atom stereocenters. The number of anilines is 1. The number of benzene rings is 3. The van der Waals surface area contributed by atoms with Crippen molar-refractivity contribution in [2.24, 2.45) is 0 Å². The molecule has 178 valence electrons. The average molecular weight is 509 g/mol. The van der Waals surface area contributed by atoms with Crippen LogP contribution in [0.15, 0.2) is 71.5 Å². The van der Waals surface area contributed by atoms with Crippen LogP contribution in [0.3, 0.4) is 0 Å². The first-order chi connectivity index (χ1) is 16.9. The van der Waals surface area contributed by atoms with Crippen LogP contribution >= 0.6 is 23.8 Å². The Morgan fingerprint density at radius 1 is 0.971 bits per heavy atom. The van der Waals surface area contributed by atoms with Crippen molar-refractivity contribution in [2.75, 3.05) is 31.1 Å². The molecule has 1 N–H and O–H groups in total. The van der Waals surface area contributed by atoms with Gasteiger partial charge < -0.3 is 14.8 Å². The average Bonchev–Trinajstić information content (AvgIpc) is 2.87. The van der Waals surface area contributed by atoms with E-state index in [2.05, 4.69) is 9.88 Å². The second kappa shape index (κ2) is 9.64. The Morgan fingerprint density at radius 3 is 2.34 bits per heavy atom. The number of hydrogen-bond donors (Lipinski definition) is 1. The third-order valence-corrected chi connectivity index (χ3v) is 6.82. The molecule has 1 saturated heterocycles. The Hall–Kier alpha value is -3.49. The van der Waals surface area contributed by atoms with Crippen molar-refractivity contribution in [2.45, 2.75) is 6.54 Å². The first kappa shape index (κ1) is 23.3. The normalized spacial score (nSPS) is 13.9. The topological polar surface area (TPSA) is 61.3 Å². The molecular weight excluding hydrogens is 487 g/mol. The molecule has 0 radical (unpaired) electrons. The number of piperazine rings is 1. The number of nitrogens with zero attached hydrogens (tertiary/aromatic N) is 3. The van der Waals surface area contributed by atoms with E-state index in [1.807, 2.05) is 12.1 Å². The number of carbonyl (C=O) groups excluding carboxylic acids is 1. The predicted molar refractivity (Wildman–Crippen MR) is 138 cm³/mol. The van der Waals surface area contributed by atoms with Crippen LogP contribution in [0, 0.1) is 10.6 Å². The monoisotopic (exact) mass is 508 g/mol. The van der Waals surface area contributed by atoms with Gasteiger partial charge >= 0.3 is 0 Å². The zero-order valence-corrected chi connectivity index (χ0v) is 20.3. The van der Waals surface area contributed by atoms with Crippen molar-refractivity contribution in [1.82, 2.24) is 14.5 Å². The Kier molecular flexibility index (Phi) is 6.40. The number of H-pyrrole nitrogens is 1. The summed E-state index contributed by atoms with van der Waals surface area (Å²) in [5, 5.41) is 1.09. The highest BCUT2D eigenvalue weighted by Crippen LogP contribution is 2.19. The summed E-state index contributed by atoms with van der Waals surface area (Å²) < 4.78 is 15.0. The van der Waals surface area contributed by atoms with Crippen molar-refractivity contribution in [3.63, 3.8) is 0 Å². The molecule has 1 aliphatic rings. The van der Waals surface area contributed by atoms with Crippen molar-refractivity contribution in [3.8, 4) is 0 Å². The van der Waals surface area contributed by atoms with Crippen LogP contribution in [-0.2, 0) is 6.54 Å². The minimum absolute atomic E-state index is 0.102. The van der Waals surface area contributed by atoms with Crippen molar-refractivity contribution < 1.29 is 9.18 Å². The fraction of sp³-hybridized carbons (Fsp3) is 0.192. The summed E-state index contributed by atoms with van der Waals surface area (Å²) in [6.45, 7) is 2.73. The lowest BCUT2D eigenvalue weighted by molar-refractivity contribution is 0.0747. The third-order valence-electron chi connectivity index (χ3n) is 6.24. The maximum atomic E-state index is 13.2. The third kappa shape index (κ3) is 4.85. The predicted octanol–water partition coefficient (Wildman–Crippen LogP) is 4.86. The number of amides is 1. The molecule has 6 nitrogen and oxygen atoms in total. The summed E-state index contributed by atoms with van der Waals surface area (Å²) in [5.41, 5.74) is 2.65. The Morgan fingerprint density at radius 2 is 1.66 bits per heavy atom. The summed E-state index contributed by atoms with van der Waals surface area (Å²) in [5.74, 6) is -0.370. The minimum Gasteiger partial charge on any atom is -0.368 e. The molecule has 1 aromatic heterocycles. The van der Waals surface area contributed by atoms with Crippen LogP contribution in [0.5, 0.6) is 0 Å². The molecular formula is C26H22ClFN4O2S. The van der Waals surface area contributed by atoms with E-state index in [0.29, 0.717) is 54.2 Å². The molecule has 1 aliphatic heterocycles. The van der Waals surface area contributed by atoms with Gasteiger partial charge in [-0.1, -0.05) is 23.7 Å². The van der Waals surface area contributed by atoms with Gasteiger partial charge in [-0.25, -0.2) is 4.39 Å². The van der Waals surface area contributed by atoms with Crippen molar-refractivity contribution in [3.05, 3.63) is 104 Å². The highest BCUT2D eigenvalue weighted by Gasteiger charge is 2.23. The number of hydrogen-bond acceptors (Lipinski definition) is 4. The molecule has 35 heavy (non-hydrogen) atoms. The van der Waals surface area contributed by atoms with Crippen LogP contribution in [0.4, 0.5) is 10.1 Å². The van der Waals surface area contributed by atoms with E-state index in [-0.39, 0.29) is 22.1 Å². The Bertz CT molecular complexity index is 1510. The van der Waals surface area contributed by atoms with E-state index in [0.717, 1.165) is 11.3 Å². The van der Waals surface area contributed by atoms with Crippen molar-refractivity contribution in [1.29, 1.82) is 0 Å². The quantitative estimate of drug-likeness (QED) is 0.400. The number of aromatic nitrogens is 2. The van der Waals surface area contributed by atoms with Crippen LogP contribution < -0.4 is 10.5 Å². The number of carbonyl (C=O) groups is 1. The first-order valence-corrected chi connectivity index (χ1v) is 12.0. The maximum Gasteiger partial charge on any atom is 0.262 e. The molecule has 0 spiro atoms. The van der Waals surface area contributed by atoms with E-state index >= 15 is 0 Å². The number of rotatable bonds is 4. The van der Waals surface area contributed by atoms with Gasteiger partial charge in [0.2, 0.25) is 0 Å². The summed E-state index contributed by atoms with van der Waals surface area (Å²) in [6, 6.07) is 18.7. The van der Waals surface area contributed by atoms with Gasteiger partial charge in [-0.3, -0.25) is 14.2 Å². The highest BCUT2D eigenvalue weighted by molar-refractivity contribution is 7.71. The maximum absolute atomic E-state index is 13.2. The van der Waals surface area contributed by atoms with Gasteiger partial charge in [-0.2, -0.15) is 0 Å². The zero-order valence-electron chi connectivity index (χ0n) is 18.7. The highest BCUT2D eigenvalue weighted by atomic mass is 35.5. The number of aromatic amines is 1. The van der Waals surface area contributed by atoms with Crippen molar-refractivity contribution >= 4 is 46.3 Å². The second-order valence-electron chi connectivity index (χ2n) is 8.46. The molecule has 0 unspecified atom stereocenters. The SMILES string of the molecule is O=C(c1ccc2c(=O)n(Cc3ccc(Cl)cc3)c(=S)[nH]c2c1)N1CCN(c2ccc(F)cc2)CC1. The fourth-order valence-corrected chi connectivity index (χ4v) is 4.69. The molecule has 4 aromatic rings. The smallest absolute Gasteiger partial charge is 0.262 e. The van der Waals surface area contributed by atoms with Gasteiger partial charge in [0.1, 0.15) is 5.82 Å². The molecule has 0 aliphatic carbocycles. The molecule has 0 bridgehead atoms. The van der Waals surface area contributed by atoms with Crippen LogP contribution in [0.25, 0.3) is 10.9 Å².